The lowest BCUT2D eigenvalue weighted by Crippen LogP contribution is -1.96. The van der Waals surface area contributed by atoms with Crippen molar-refractivity contribution in [1.29, 1.82) is 0 Å². The number of nitrogens with one attached hydrogen (secondary N) is 1. The molecule has 0 fully saturated rings. The summed E-state index contributed by atoms with van der Waals surface area (Å²) in [7, 11) is 0. The van der Waals surface area contributed by atoms with Crippen molar-refractivity contribution < 1.29 is 15.0 Å². The molecule has 1 aromatic heterocycles. The summed E-state index contributed by atoms with van der Waals surface area (Å²) in [4.78, 5) is 16.0. The van der Waals surface area contributed by atoms with E-state index in [1.165, 1.54) is 0 Å². The molecule has 0 aromatic carbocycles. The minimum Gasteiger partial charge on any atom is -0.493 e. The molecule has 3 N–H and O–H groups in total. The van der Waals surface area contributed by atoms with Crippen LogP contribution >= 0.6 is 0 Å². The van der Waals surface area contributed by atoms with Gasteiger partial charge in [-0.2, -0.15) is 0 Å². The number of carboxylic acid groups (broad SMARTS) is 1. The Kier molecular flexibility index (Phi) is 1.33. The first-order valence-electron chi connectivity index (χ1n) is 2.60. The third kappa shape index (κ3) is 0.928. The van der Waals surface area contributed by atoms with Crippen molar-refractivity contribution in [2.45, 2.75) is 6.92 Å². The van der Waals surface area contributed by atoms with Crippen LogP contribution in [0.3, 0.4) is 0 Å². The van der Waals surface area contributed by atoms with Crippen LogP contribution in [0.15, 0.2) is 0 Å². The van der Waals surface area contributed by atoms with Crippen molar-refractivity contribution in [2.75, 3.05) is 0 Å². The highest BCUT2D eigenvalue weighted by Crippen LogP contribution is 2.11. The Morgan fingerprint density at radius 3 is 2.50 bits per heavy atom. The fourth-order valence-electron chi connectivity index (χ4n) is 0.628. The van der Waals surface area contributed by atoms with Crippen molar-refractivity contribution >= 4 is 5.97 Å². The second-order valence-electron chi connectivity index (χ2n) is 1.82. The van der Waals surface area contributed by atoms with E-state index in [4.69, 9.17) is 10.2 Å². The number of hydrogen-bond acceptors (Lipinski definition) is 3. The standard InChI is InChI=1S/C5H6N2O3/c1-2-6-3(5(9)10)4(8)7-2/h8H,1H3,(H,6,7)(H,9,10). The summed E-state index contributed by atoms with van der Waals surface area (Å²) in [6, 6.07) is 0. The van der Waals surface area contributed by atoms with E-state index >= 15 is 0 Å². The predicted octanol–water partition coefficient (Wildman–Crippen LogP) is 0.122. The van der Waals surface area contributed by atoms with Gasteiger partial charge in [0, 0.05) is 0 Å². The average molecular weight is 142 g/mol. The Morgan fingerprint density at radius 1 is 1.70 bits per heavy atom. The van der Waals surface area contributed by atoms with Crippen molar-refractivity contribution in [1.82, 2.24) is 9.97 Å². The molecule has 1 heterocycles. The topological polar surface area (TPSA) is 86.2 Å². The lowest BCUT2D eigenvalue weighted by Gasteiger charge is -1.83. The Bertz CT molecular complexity index is 266. The van der Waals surface area contributed by atoms with E-state index in [0.29, 0.717) is 5.82 Å². The van der Waals surface area contributed by atoms with Gasteiger partial charge in [0.25, 0.3) is 0 Å². The molecule has 0 saturated carbocycles. The van der Waals surface area contributed by atoms with Crippen LogP contribution < -0.4 is 0 Å². The number of aromatic nitrogens is 2. The van der Waals surface area contributed by atoms with Gasteiger partial charge in [0.2, 0.25) is 11.6 Å². The molecule has 1 rings (SSSR count). The average Bonchev–Trinajstić information content (AvgIpc) is 2.10. The molecule has 0 aliphatic rings. The lowest BCUT2D eigenvalue weighted by molar-refractivity contribution is 0.0687. The van der Waals surface area contributed by atoms with Gasteiger partial charge in [-0.05, 0) is 6.92 Å². The van der Waals surface area contributed by atoms with E-state index in [1.54, 1.807) is 6.92 Å². The Morgan fingerprint density at radius 2 is 2.30 bits per heavy atom. The fraction of sp³-hybridized carbons (Fsp3) is 0.200. The molecule has 5 heteroatoms. The maximum absolute atomic E-state index is 10.2. The number of carbonyl (C=O) groups is 1. The number of H-pyrrole nitrogens is 1. The summed E-state index contributed by atoms with van der Waals surface area (Å²) in [5.41, 5.74) is -0.336. The highest BCUT2D eigenvalue weighted by Gasteiger charge is 2.13. The number of aryl methyl sites for hydroxylation is 1. The molecule has 5 nitrogen and oxygen atoms in total. The van der Waals surface area contributed by atoms with E-state index in [0.717, 1.165) is 0 Å². The number of aromatic hydroxyl groups is 1. The number of rotatable bonds is 1. The molecule has 0 bridgehead atoms. The zero-order valence-corrected chi connectivity index (χ0v) is 5.25. The molecule has 0 atom stereocenters. The zero-order chi connectivity index (χ0) is 7.72. The largest absolute Gasteiger partial charge is 0.493 e. The second-order valence-corrected chi connectivity index (χ2v) is 1.82. The fourth-order valence-corrected chi connectivity index (χ4v) is 0.628. The van der Waals surface area contributed by atoms with Crippen LogP contribution in [0.25, 0.3) is 0 Å². The Hall–Kier alpha value is -1.52. The normalized spacial score (nSPS) is 9.70. The maximum atomic E-state index is 10.2. The van der Waals surface area contributed by atoms with Gasteiger partial charge in [-0.1, -0.05) is 0 Å². The minimum atomic E-state index is -1.23. The van der Waals surface area contributed by atoms with E-state index in [-0.39, 0.29) is 5.69 Å². The molecule has 10 heavy (non-hydrogen) atoms. The summed E-state index contributed by atoms with van der Waals surface area (Å²) >= 11 is 0. The maximum Gasteiger partial charge on any atom is 0.360 e. The van der Waals surface area contributed by atoms with Gasteiger partial charge in [-0.15, -0.1) is 0 Å². The minimum absolute atomic E-state index is 0.336. The van der Waals surface area contributed by atoms with Crippen molar-refractivity contribution in [2.24, 2.45) is 0 Å². The Labute approximate surface area is 56.3 Å². The van der Waals surface area contributed by atoms with E-state index in [2.05, 4.69) is 9.97 Å². The summed E-state index contributed by atoms with van der Waals surface area (Å²) < 4.78 is 0. The van der Waals surface area contributed by atoms with E-state index in [1.807, 2.05) is 0 Å². The highest BCUT2D eigenvalue weighted by atomic mass is 16.4. The lowest BCUT2D eigenvalue weighted by atomic mass is 10.5. The van der Waals surface area contributed by atoms with Crippen LogP contribution in [0.1, 0.15) is 16.3 Å². The first kappa shape index (κ1) is 6.60. The molecule has 0 saturated heterocycles. The number of nitrogens with zero attached hydrogens (tertiary/aromatic N) is 1. The van der Waals surface area contributed by atoms with Crippen LogP contribution in [0.4, 0.5) is 0 Å². The quantitative estimate of drug-likeness (QED) is 0.519. The number of carboxylic acids is 1. The van der Waals surface area contributed by atoms with Crippen LogP contribution in [0.2, 0.25) is 0 Å². The summed E-state index contributed by atoms with van der Waals surface area (Å²) in [5.74, 6) is -1.25. The van der Waals surface area contributed by atoms with E-state index in [9.17, 15) is 4.79 Å². The van der Waals surface area contributed by atoms with Gasteiger partial charge in [-0.3, -0.25) is 0 Å². The highest BCUT2D eigenvalue weighted by molar-refractivity contribution is 5.87. The molecule has 0 unspecified atom stereocenters. The molecule has 0 radical (unpaired) electrons. The van der Waals surface area contributed by atoms with Crippen LogP contribution in [0, 0.1) is 6.92 Å². The predicted molar refractivity (Wildman–Crippen MR) is 31.9 cm³/mol. The van der Waals surface area contributed by atoms with E-state index < -0.39 is 11.8 Å². The molecule has 0 spiro atoms. The molecule has 1 aromatic rings. The third-order valence-corrected chi connectivity index (χ3v) is 1.01. The first-order valence-corrected chi connectivity index (χ1v) is 2.60. The summed E-state index contributed by atoms with van der Waals surface area (Å²) in [6.45, 7) is 1.56. The second kappa shape index (κ2) is 2.02. The van der Waals surface area contributed by atoms with Crippen LogP contribution in [-0.4, -0.2) is 26.2 Å². The van der Waals surface area contributed by atoms with Gasteiger partial charge in [0.15, 0.2) is 0 Å². The van der Waals surface area contributed by atoms with Gasteiger partial charge in [0.05, 0.1) is 0 Å². The molecule has 54 valence electrons. The number of aromatic amines is 1. The molecular weight excluding hydrogens is 136 g/mol. The van der Waals surface area contributed by atoms with Gasteiger partial charge >= 0.3 is 5.97 Å². The first-order chi connectivity index (χ1) is 4.61. The number of imidazole rings is 1. The van der Waals surface area contributed by atoms with Gasteiger partial charge in [-0.25, -0.2) is 9.78 Å². The molecule has 0 amide bonds. The van der Waals surface area contributed by atoms with Gasteiger partial charge in [0.1, 0.15) is 5.82 Å². The molecular formula is C5H6N2O3. The van der Waals surface area contributed by atoms with Crippen molar-refractivity contribution in [3.05, 3.63) is 11.5 Å². The molecule has 0 aliphatic carbocycles. The summed E-state index contributed by atoms with van der Waals surface area (Å²) in [6.07, 6.45) is 0. The van der Waals surface area contributed by atoms with Gasteiger partial charge < -0.3 is 15.2 Å². The van der Waals surface area contributed by atoms with Crippen molar-refractivity contribution in [3.8, 4) is 5.88 Å². The van der Waals surface area contributed by atoms with Crippen molar-refractivity contribution in [3.63, 3.8) is 0 Å². The summed E-state index contributed by atoms with van der Waals surface area (Å²) in [5, 5.41) is 17.1. The Balaban J connectivity index is 3.15. The zero-order valence-electron chi connectivity index (χ0n) is 5.25. The monoisotopic (exact) mass is 142 g/mol. The van der Waals surface area contributed by atoms with Crippen LogP contribution in [-0.2, 0) is 0 Å². The third-order valence-electron chi connectivity index (χ3n) is 1.01. The molecule has 0 aliphatic heterocycles. The number of aromatic carboxylic acids is 1. The SMILES string of the molecule is Cc1nc(C(=O)O)c(O)[nH]1. The number of hydrogen-bond donors (Lipinski definition) is 3. The smallest absolute Gasteiger partial charge is 0.360 e. The van der Waals surface area contributed by atoms with Crippen LogP contribution in [0.5, 0.6) is 5.88 Å².